The third-order valence-electron chi connectivity index (χ3n) is 5.67. The average Bonchev–Trinajstić information content (AvgIpc) is 3.40. The van der Waals surface area contributed by atoms with Crippen molar-refractivity contribution >= 4 is 17.9 Å². The smallest absolute Gasteiger partial charge is 0.294 e. The quantitative estimate of drug-likeness (QED) is 0.296. The zero-order valence-electron chi connectivity index (χ0n) is 17.7. The minimum atomic E-state index is -0.519. The number of aromatic hydroxyl groups is 1. The normalized spacial score (nSPS) is 15.8. The van der Waals surface area contributed by atoms with Gasteiger partial charge in [-0.25, -0.2) is 10.1 Å². The summed E-state index contributed by atoms with van der Waals surface area (Å²) in [5.74, 6) is -0.168. The number of anilines is 1. The second kappa shape index (κ2) is 9.56. The van der Waals surface area contributed by atoms with E-state index >= 15 is 0 Å². The molecule has 2 heterocycles. The number of aromatic nitrogens is 5. The second-order valence-electron chi connectivity index (χ2n) is 7.92. The number of nitrogens with one attached hydrogen (secondary N) is 2. The standard InChI is InChI=1S/C20H25N9O3/c1-28(14-7-3-2-4-8-14)12-16-17(23-27-29(16)19-18(21)25-32-26-19)20(31)24-22-11-13-6-5-9-15(30)10-13/h5-6,9-11,14,30H,2-4,7-8,12H2,1H3,(H2,21,25)(H,24,31)/p+1/b22-11-. The molecule has 1 aliphatic carbocycles. The predicted molar refractivity (Wildman–Crippen MR) is 114 cm³/mol. The first-order chi connectivity index (χ1) is 15.5. The van der Waals surface area contributed by atoms with Crippen LogP contribution in [-0.4, -0.2) is 55.6 Å². The minimum Gasteiger partial charge on any atom is -0.508 e. The van der Waals surface area contributed by atoms with Gasteiger partial charge in [0, 0.05) is 0 Å². The zero-order valence-corrected chi connectivity index (χ0v) is 17.7. The molecular weight excluding hydrogens is 414 g/mol. The van der Waals surface area contributed by atoms with Gasteiger partial charge in [-0.3, -0.25) is 4.79 Å². The van der Waals surface area contributed by atoms with Crippen LogP contribution in [-0.2, 0) is 6.54 Å². The van der Waals surface area contributed by atoms with E-state index in [2.05, 4.69) is 38.2 Å². The van der Waals surface area contributed by atoms with Crippen LogP contribution in [0.4, 0.5) is 5.82 Å². The lowest BCUT2D eigenvalue weighted by atomic mass is 9.94. The van der Waals surface area contributed by atoms with Crippen molar-refractivity contribution in [1.82, 2.24) is 30.7 Å². The second-order valence-corrected chi connectivity index (χ2v) is 7.92. The van der Waals surface area contributed by atoms with Crippen LogP contribution in [0, 0.1) is 0 Å². The van der Waals surface area contributed by atoms with Crippen LogP contribution < -0.4 is 16.1 Å². The van der Waals surface area contributed by atoms with E-state index in [1.165, 1.54) is 41.1 Å². The van der Waals surface area contributed by atoms with Crippen molar-refractivity contribution in [2.75, 3.05) is 12.8 Å². The average molecular weight is 440 g/mol. The Morgan fingerprint density at radius 2 is 2.19 bits per heavy atom. The molecule has 5 N–H and O–H groups in total. The number of nitrogen functional groups attached to an aromatic ring is 1. The SMILES string of the molecule is C[NH+](Cc1c(C(=O)N/N=C\c2cccc(O)c2)nnn1-c1nonc1N)C1CCCCC1. The van der Waals surface area contributed by atoms with Gasteiger partial charge >= 0.3 is 0 Å². The Labute approximate surface area is 184 Å². The Hall–Kier alpha value is -3.80. The number of carbonyl (C=O) groups is 1. The van der Waals surface area contributed by atoms with Crippen molar-refractivity contribution in [3.05, 3.63) is 41.2 Å². The fourth-order valence-electron chi connectivity index (χ4n) is 3.97. The molecule has 1 aromatic carbocycles. The molecule has 0 saturated heterocycles. The molecule has 1 amide bonds. The van der Waals surface area contributed by atoms with Crippen molar-refractivity contribution in [1.29, 1.82) is 0 Å². The Morgan fingerprint density at radius 1 is 1.38 bits per heavy atom. The van der Waals surface area contributed by atoms with Gasteiger partial charge in [0.2, 0.25) is 11.6 Å². The van der Waals surface area contributed by atoms with Crippen LogP contribution >= 0.6 is 0 Å². The Bertz CT molecular complexity index is 1100. The number of hydrogen-bond donors (Lipinski definition) is 4. The molecule has 1 fully saturated rings. The predicted octanol–water partition coefficient (Wildman–Crippen LogP) is 0.0494. The van der Waals surface area contributed by atoms with Crippen LogP contribution in [0.5, 0.6) is 5.75 Å². The van der Waals surface area contributed by atoms with Crippen molar-refractivity contribution in [3.8, 4) is 11.6 Å². The summed E-state index contributed by atoms with van der Waals surface area (Å²) in [6.45, 7) is 0.489. The number of phenolic OH excluding ortho intramolecular Hbond substituents is 1. The molecule has 32 heavy (non-hydrogen) atoms. The number of rotatable bonds is 7. The molecule has 168 valence electrons. The summed E-state index contributed by atoms with van der Waals surface area (Å²) in [4.78, 5) is 14.1. The highest BCUT2D eigenvalue weighted by atomic mass is 16.6. The highest BCUT2D eigenvalue weighted by Gasteiger charge is 2.29. The van der Waals surface area contributed by atoms with Crippen LogP contribution in [0.3, 0.4) is 0 Å². The van der Waals surface area contributed by atoms with Crippen LogP contribution in [0.15, 0.2) is 34.0 Å². The van der Waals surface area contributed by atoms with Crippen molar-refractivity contribution in [2.45, 2.75) is 44.7 Å². The molecular formula is C20H26N9O3+. The molecule has 3 aromatic rings. The largest absolute Gasteiger partial charge is 0.508 e. The van der Waals surface area contributed by atoms with Gasteiger partial charge in [-0.2, -0.15) is 9.78 Å². The van der Waals surface area contributed by atoms with Gasteiger partial charge in [0.1, 0.15) is 18.0 Å². The first kappa shape index (κ1) is 21.4. The van der Waals surface area contributed by atoms with E-state index in [-0.39, 0.29) is 23.1 Å². The molecule has 12 nitrogen and oxygen atoms in total. The molecule has 1 aliphatic rings. The first-order valence-corrected chi connectivity index (χ1v) is 10.5. The van der Waals surface area contributed by atoms with Crippen molar-refractivity contribution in [2.24, 2.45) is 5.10 Å². The van der Waals surface area contributed by atoms with Gasteiger partial charge in [0.25, 0.3) is 5.91 Å². The van der Waals surface area contributed by atoms with E-state index < -0.39 is 5.91 Å². The Balaban J connectivity index is 1.57. The molecule has 1 atom stereocenters. The van der Waals surface area contributed by atoms with Crippen molar-refractivity contribution < 1.29 is 19.4 Å². The summed E-state index contributed by atoms with van der Waals surface area (Å²) in [6, 6.07) is 7.00. The van der Waals surface area contributed by atoms with E-state index in [0.717, 1.165) is 12.8 Å². The maximum atomic E-state index is 12.9. The fraction of sp³-hybridized carbons (Fsp3) is 0.400. The van der Waals surface area contributed by atoms with Gasteiger partial charge in [-0.05, 0) is 53.7 Å². The van der Waals surface area contributed by atoms with Gasteiger partial charge in [0.05, 0.1) is 19.3 Å². The number of nitrogens with zero attached hydrogens (tertiary/aromatic N) is 6. The number of benzene rings is 1. The number of amides is 1. The number of phenols is 1. The number of carbonyl (C=O) groups excluding carboxylic acids is 1. The van der Waals surface area contributed by atoms with Crippen LogP contribution in [0.1, 0.15) is 53.8 Å². The number of hydrogen-bond acceptors (Lipinski definition) is 9. The molecule has 4 rings (SSSR count). The third-order valence-corrected chi connectivity index (χ3v) is 5.67. The molecule has 2 aromatic heterocycles. The first-order valence-electron chi connectivity index (χ1n) is 10.5. The summed E-state index contributed by atoms with van der Waals surface area (Å²) in [7, 11) is 2.10. The topological polar surface area (TPSA) is 162 Å². The maximum absolute atomic E-state index is 12.9. The molecule has 12 heteroatoms. The molecule has 0 bridgehead atoms. The Kier molecular flexibility index (Phi) is 6.40. The molecule has 0 aliphatic heterocycles. The molecule has 0 radical (unpaired) electrons. The molecule has 0 spiro atoms. The number of nitrogens with two attached hydrogens (primary N) is 1. The van der Waals surface area contributed by atoms with Crippen LogP contribution in [0.25, 0.3) is 5.82 Å². The summed E-state index contributed by atoms with van der Waals surface area (Å²) >= 11 is 0. The highest BCUT2D eigenvalue weighted by molar-refractivity contribution is 5.94. The van der Waals surface area contributed by atoms with Gasteiger partial charge < -0.3 is 15.7 Å². The zero-order chi connectivity index (χ0) is 22.5. The lowest BCUT2D eigenvalue weighted by Gasteiger charge is -2.28. The van der Waals surface area contributed by atoms with E-state index in [4.69, 9.17) is 10.4 Å². The Morgan fingerprint density at radius 3 is 2.91 bits per heavy atom. The highest BCUT2D eigenvalue weighted by Crippen LogP contribution is 2.18. The number of quaternary nitrogens is 1. The monoisotopic (exact) mass is 440 g/mol. The van der Waals surface area contributed by atoms with Gasteiger partial charge in [0.15, 0.2) is 5.69 Å². The van der Waals surface area contributed by atoms with E-state index in [0.29, 0.717) is 23.8 Å². The van der Waals surface area contributed by atoms with Gasteiger partial charge in [-0.1, -0.05) is 23.8 Å². The summed E-state index contributed by atoms with van der Waals surface area (Å²) in [6.07, 6.45) is 7.37. The molecule has 1 saturated carbocycles. The number of hydrazone groups is 1. The van der Waals surface area contributed by atoms with Crippen molar-refractivity contribution in [3.63, 3.8) is 0 Å². The molecule has 1 unspecified atom stereocenters. The van der Waals surface area contributed by atoms with Crippen LogP contribution in [0.2, 0.25) is 0 Å². The van der Waals surface area contributed by atoms with E-state index in [1.807, 2.05) is 0 Å². The lowest BCUT2D eigenvalue weighted by Crippen LogP contribution is -3.11. The fourth-order valence-corrected chi connectivity index (χ4v) is 3.97. The summed E-state index contributed by atoms with van der Waals surface area (Å²) in [5, 5.41) is 29.1. The maximum Gasteiger partial charge on any atom is 0.294 e. The minimum absolute atomic E-state index is 0.0559. The summed E-state index contributed by atoms with van der Waals surface area (Å²) in [5.41, 5.74) is 9.62. The van der Waals surface area contributed by atoms with Gasteiger partial charge in [-0.15, -0.1) is 5.10 Å². The summed E-state index contributed by atoms with van der Waals surface area (Å²) < 4.78 is 6.10. The lowest BCUT2D eigenvalue weighted by molar-refractivity contribution is -0.921. The van der Waals surface area contributed by atoms with E-state index in [1.54, 1.807) is 18.2 Å². The van der Waals surface area contributed by atoms with E-state index in [9.17, 15) is 9.90 Å². The third kappa shape index (κ3) is 4.75.